The maximum absolute atomic E-state index is 12.7. The van der Waals surface area contributed by atoms with Crippen LogP contribution in [0.15, 0.2) is 52.2 Å². The number of benzene rings is 1. The fraction of sp³-hybridized carbons (Fsp3) is 0.158. The summed E-state index contributed by atoms with van der Waals surface area (Å²) in [4.78, 5) is 41.3. The van der Waals surface area contributed by atoms with E-state index in [0.29, 0.717) is 5.69 Å². The van der Waals surface area contributed by atoms with Gasteiger partial charge in [0.05, 0.1) is 11.1 Å². The Balaban J connectivity index is 1.79. The third-order valence-corrected chi connectivity index (χ3v) is 4.71. The van der Waals surface area contributed by atoms with Gasteiger partial charge in [0.2, 0.25) is 0 Å². The number of amides is 1. The van der Waals surface area contributed by atoms with Gasteiger partial charge in [0.15, 0.2) is 0 Å². The van der Waals surface area contributed by atoms with Crippen LogP contribution in [0.3, 0.4) is 0 Å². The number of fused-ring (bicyclic) bond motifs is 2. The molecule has 4 aromatic rings. The molecule has 0 aliphatic rings. The minimum absolute atomic E-state index is 0.124. The van der Waals surface area contributed by atoms with Crippen LogP contribution in [0.5, 0.6) is 0 Å². The van der Waals surface area contributed by atoms with Gasteiger partial charge in [-0.3, -0.25) is 18.7 Å². The second-order valence-corrected chi connectivity index (χ2v) is 6.39. The predicted molar refractivity (Wildman–Crippen MR) is 103 cm³/mol. The van der Waals surface area contributed by atoms with Crippen LogP contribution >= 0.6 is 0 Å². The maximum atomic E-state index is 12.7. The van der Waals surface area contributed by atoms with Crippen LogP contribution in [-0.4, -0.2) is 24.6 Å². The van der Waals surface area contributed by atoms with Crippen molar-refractivity contribution in [1.29, 1.82) is 0 Å². The largest absolute Gasteiger partial charge is 0.350 e. The molecular weight excluding hydrogens is 346 g/mol. The van der Waals surface area contributed by atoms with E-state index in [2.05, 4.69) is 10.3 Å². The summed E-state index contributed by atoms with van der Waals surface area (Å²) in [7, 11) is 4.86. The van der Waals surface area contributed by atoms with Crippen molar-refractivity contribution in [3.05, 3.63) is 69.1 Å². The summed E-state index contributed by atoms with van der Waals surface area (Å²) in [6, 6.07) is 10.6. The zero-order chi connectivity index (χ0) is 19.3. The molecule has 1 N–H and O–H groups in total. The Morgan fingerprint density at radius 2 is 1.74 bits per heavy atom. The number of carbonyl (C=O) groups excluding carboxylic acids is 1. The molecule has 0 saturated carbocycles. The lowest BCUT2D eigenvalue weighted by molar-refractivity contribution is 0.102. The zero-order valence-corrected chi connectivity index (χ0v) is 15.1. The molecule has 0 saturated heterocycles. The van der Waals surface area contributed by atoms with Crippen LogP contribution in [0.4, 0.5) is 5.69 Å². The molecular formula is C19H17N5O3. The first-order valence-corrected chi connectivity index (χ1v) is 8.30. The van der Waals surface area contributed by atoms with Crippen molar-refractivity contribution in [2.24, 2.45) is 21.1 Å². The first kappa shape index (κ1) is 16.8. The minimum Gasteiger partial charge on any atom is -0.350 e. The summed E-state index contributed by atoms with van der Waals surface area (Å²) in [5.41, 5.74) is 1.02. The van der Waals surface area contributed by atoms with Gasteiger partial charge in [-0.2, -0.15) is 0 Å². The zero-order valence-electron chi connectivity index (χ0n) is 15.1. The highest BCUT2D eigenvalue weighted by molar-refractivity contribution is 6.08. The van der Waals surface area contributed by atoms with E-state index in [1.165, 1.54) is 30.8 Å². The van der Waals surface area contributed by atoms with Gasteiger partial charge in [0.25, 0.3) is 11.5 Å². The smallest absolute Gasteiger partial charge is 0.332 e. The Bertz CT molecular complexity index is 1340. The quantitative estimate of drug-likeness (QED) is 0.582. The fourth-order valence-electron chi connectivity index (χ4n) is 3.18. The molecule has 3 heterocycles. The lowest BCUT2D eigenvalue weighted by atomic mass is 10.2. The van der Waals surface area contributed by atoms with Crippen LogP contribution in [0.2, 0.25) is 0 Å². The second kappa shape index (κ2) is 5.94. The summed E-state index contributed by atoms with van der Waals surface area (Å²) in [5.74, 6) is -0.415. The highest BCUT2D eigenvalue weighted by Crippen LogP contribution is 2.24. The molecule has 3 aromatic heterocycles. The summed E-state index contributed by atoms with van der Waals surface area (Å²) < 4.78 is 4.23. The molecule has 1 amide bonds. The Labute approximate surface area is 153 Å². The number of rotatable bonds is 2. The number of anilines is 1. The second-order valence-electron chi connectivity index (χ2n) is 6.39. The van der Waals surface area contributed by atoms with Crippen molar-refractivity contribution >= 4 is 33.5 Å². The van der Waals surface area contributed by atoms with Crippen molar-refractivity contribution in [3.8, 4) is 0 Å². The molecule has 4 rings (SSSR count). The lowest BCUT2D eigenvalue weighted by Crippen LogP contribution is -2.37. The lowest BCUT2D eigenvalue weighted by Gasteiger charge is -2.09. The van der Waals surface area contributed by atoms with Gasteiger partial charge in [0.1, 0.15) is 11.3 Å². The summed E-state index contributed by atoms with van der Waals surface area (Å²) >= 11 is 0. The number of carbonyl (C=O) groups is 1. The van der Waals surface area contributed by atoms with Crippen molar-refractivity contribution in [2.45, 2.75) is 0 Å². The normalized spacial score (nSPS) is 11.2. The molecule has 0 aliphatic heterocycles. The molecule has 0 unspecified atom stereocenters. The Morgan fingerprint density at radius 1 is 0.963 bits per heavy atom. The van der Waals surface area contributed by atoms with Crippen LogP contribution < -0.4 is 16.6 Å². The average Bonchev–Trinajstić information content (AvgIpc) is 3.06. The Hall–Kier alpha value is -3.68. The monoisotopic (exact) mass is 363 g/mol. The maximum Gasteiger partial charge on any atom is 0.332 e. The molecule has 27 heavy (non-hydrogen) atoms. The predicted octanol–water partition coefficient (Wildman–Crippen LogP) is 1.38. The van der Waals surface area contributed by atoms with Crippen molar-refractivity contribution in [1.82, 2.24) is 18.7 Å². The van der Waals surface area contributed by atoms with Crippen molar-refractivity contribution in [3.63, 3.8) is 0 Å². The number of aryl methyl sites for hydroxylation is 2. The molecule has 8 nitrogen and oxygen atoms in total. The number of nitrogens with zero attached hydrogens (tertiary/aromatic N) is 4. The van der Waals surface area contributed by atoms with Crippen LogP contribution in [0.25, 0.3) is 21.9 Å². The summed E-state index contributed by atoms with van der Waals surface area (Å²) in [5, 5.41) is 4.05. The molecule has 8 heteroatoms. The van der Waals surface area contributed by atoms with Crippen molar-refractivity contribution < 1.29 is 4.79 Å². The van der Waals surface area contributed by atoms with E-state index < -0.39 is 17.2 Å². The molecule has 0 radical (unpaired) electrons. The van der Waals surface area contributed by atoms with Crippen LogP contribution in [0.1, 0.15) is 10.5 Å². The number of aromatic nitrogens is 4. The highest BCUT2D eigenvalue weighted by atomic mass is 16.2. The first-order chi connectivity index (χ1) is 12.9. The van der Waals surface area contributed by atoms with Crippen molar-refractivity contribution in [2.75, 3.05) is 5.32 Å². The van der Waals surface area contributed by atoms with Gasteiger partial charge in [-0.05, 0) is 30.3 Å². The molecule has 136 valence electrons. The number of hydrogen-bond acceptors (Lipinski definition) is 4. The van der Waals surface area contributed by atoms with Gasteiger partial charge in [-0.25, -0.2) is 9.78 Å². The molecule has 0 bridgehead atoms. The standard InChI is InChI=1S/C19H17N5O3/c1-22-10-9-11-13(5-4-6-15(11)22)21-17(25)14-8-7-12-16(20-14)23(2)19(27)24(3)18(12)26/h4-10H,1-3H3,(H,21,25). The third kappa shape index (κ3) is 2.53. The van der Waals surface area contributed by atoms with E-state index >= 15 is 0 Å². The van der Waals surface area contributed by atoms with E-state index in [0.717, 1.165) is 15.5 Å². The van der Waals surface area contributed by atoms with E-state index in [9.17, 15) is 14.4 Å². The SMILES string of the molecule is Cn1c(=O)c2ccc(C(=O)Nc3cccc4c3ccn4C)nc2n(C)c1=O. The Morgan fingerprint density at radius 3 is 2.52 bits per heavy atom. The minimum atomic E-state index is -0.494. The average molecular weight is 363 g/mol. The molecule has 0 atom stereocenters. The molecule has 0 aliphatic carbocycles. The van der Waals surface area contributed by atoms with Crippen LogP contribution in [-0.2, 0) is 21.1 Å². The van der Waals surface area contributed by atoms with Gasteiger partial charge in [-0.1, -0.05) is 6.07 Å². The summed E-state index contributed by atoms with van der Waals surface area (Å²) in [6.07, 6.45) is 1.92. The topological polar surface area (TPSA) is 90.9 Å². The summed E-state index contributed by atoms with van der Waals surface area (Å²) in [6.45, 7) is 0. The number of hydrogen-bond donors (Lipinski definition) is 1. The van der Waals surface area contributed by atoms with Gasteiger partial charge in [0, 0.05) is 38.2 Å². The van der Waals surface area contributed by atoms with E-state index in [1.54, 1.807) is 0 Å². The van der Waals surface area contributed by atoms with Gasteiger partial charge in [-0.15, -0.1) is 0 Å². The van der Waals surface area contributed by atoms with Gasteiger partial charge >= 0.3 is 5.69 Å². The number of pyridine rings is 1. The van der Waals surface area contributed by atoms with E-state index in [4.69, 9.17) is 0 Å². The fourth-order valence-corrected chi connectivity index (χ4v) is 3.18. The molecule has 0 fully saturated rings. The first-order valence-electron chi connectivity index (χ1n) is 8.30. The molecule has 1 aromatic carbocycles. The molecule has 0 spiro atoms. The number of nitrogens with one attached hydrogen (secondary N) is 1. The van der Waals surface area contributed by atoms with E-state index in [-0.39, 0.29) is 16.7 Å². The Kier molecular flexibility index (Phi) is 3.69. The van der Waals surface area contributed by atoms with Crippen LogP contribution in [0, 0.1) is 0 Å². The highest BCUT2D eigenvalue weighted by Gasteiger charge is 2.15. The van der Waals surface area contributed by atoms with E-state index in [1.807, 2.05) is 42.1 Å². The third-order valence-electron chi connectivity index (χ3n) is 4.71. The van der Waals surface area contributed by atoms with Gasteiger partial charge < -0.3 is 9.88 Å².